The van der Waals surface area contributed by atoms with Crippen LogP contribution in [-0.4, -0.2) is 23.6 Å². The summed E-state index contributed by atoms with van der Waals surface area (Å²) in [7, 11) is -3.90. The number of carbonyl (C=O) groups excluding carboxylic acids is 1. The van der Waals surface area contributed by atoms with Crippen LogP contribution < -0.4 is 5.32 Å². The molecule has 1 N–H and O–H groups in total. The molecule has 1 amide bonds. The third kappa shape index (κ3) is 6.95. The molecular weight excluding hydrogens is 524 g/mol. The number of nitriles is 1. The van der Waals surface area contributed by atoms with Crippen LogP contribution in [0.1, 0.15) is 22.6 Å². The van der Waals surface area contributed by atoms with E-state index in [1.54, 1.807) is 36.7 Å². The number of sulfonamides is 1. The summed E-state index contributed by atoms with van der Waals surface area (Å²) in [6.45, 7) is 0.257. The van der Waals surface area contributed by atoms with Crippen LogP contribution in [0.3, 0.4) is 0 Å². The monoisotopic (exact) mass is 546 g/mol. The summed E-state index contributed by atoms with van der Waals surface area (Å²) < 4.78 is 34.1. The molecule has 192 valence electrons. The van der Waals surface area contributed by atoms with Gasteiger partial charge < -0.3 is 9.73 Å². The molecule has 0 aliphatic rings. The Hall–Kier alpha value is -4.23. The predicted octanol–water partition coefficient (Wildman–Crippen LogP) is 4.94. The Kier molecular flexibility index (Phi) is 8.71. The van der Waals surface area contributed by atoms with Gasteiger partial charge in [-0.25, -0.2) is 8.42 Å². The number of benzene rings is 2. The van der Waals surface area contributed by atoms with E-state index >= 15 is 0 Å². The topological polar surface area (TPSA) is 116 Å². The van der Waals surface area contributed by atoms with E-state index in [1.165, 1.54) is 34.6 Å². The molecular formula is C28H23ClN4O4S. The highest BCUT2D eigenvalue weighted by atomic mass is 35.5. The Morgan fingerprint density at radius 3 is 2.42 bits per heavy atom. The van der Waals surface area contributed by atoms with Crippen molar-refractivity contribution >= 4 is 33.6 Å². The van der Waals surface area contributed by atoms with E-state index in [-0.39, 0.29) is 35.9 Å². The number of halogens is 1. The van der Waals surface area contributed by atoms with Crippen LogP contribution in [0.15, 0.2) is 106 Å². The summed E-state index contributed by atoms with van der Waals surface area (Å²) in [5.41, 5.74) is 1.44. The maximum Gasteiger partial charge on any atom is 0.262 e. The lowest BCUT2D eigenvalue weighted by atomic mass is 10.2. The first-order valence-electron chi connectivity index (χ1n) is 11.5. The lowest BCUT2D eigenvalue weighted by molar-refractivity contribution is -0.117. The minimum Gasteiger partial charge on any atom is -0.460 e. The minimum atomic E-state index is -3.90. The molecule has 38 heavy (non-hydrogen) atoms. The Labute approximate surface area is 225 Å². The van der Waals surface area contributed by atoms with Gasteiger partial charge in [-0.15, -0.1) is 0 Å². The molecule has 2 aromatic carbocycles. The van der Waals surface area contributed by atoms with Crippen molar-refractivity contribution in [2.45, 2.75) is 24.5 Å². The Balaban J connectivity index is 1.53. The van der Waals surface area contributed by atoms with Gasteiger partial charge in [0.2, 0.25) is 10.0 Å². The van der Waals surface area contributed by atoms with Crippen LogP contribution in [0, 0.1) is 11.3 Å². The largest absolute Gasteiger partial charge is 0.460 e. The number of amides is 1. The molecule has 4 rings (SSSR count). The lowest BCUT2D eigenvalue weighted by Crippen LogP contribution is -2.30. The third-order valence-electron chi connectivity index (χ3n) is 5.50. The van der Waals surface area contributed by atoms with Crippen LogP contribution in [0.4, 0.5) is 0 Å². The van der Waals surface area contributed by atoms with Gasteiger partial charge in [-0.3, -0.25) is 9.78 Å². The van der Waals surface area contributed by atoms with Gasteiger partial charge in [-0.05, 0) is 53.6 Å². The second-order valence-electron chi connectivity index (χ2n) is 8.23. The van der Waals surface area contributed by atoms with Gasteiger partial charge in [0.1, 0.15) is 23.2 Å². The smallest absolute Gasteiger partial charge is 0.262 e. The molecule has 8 nitrogen and oxygen atoms in total. The van der Waals surface area contributed by atoms with Crippen molar-refractivity contribution in [1.82, 2.24) is 14.6 Å². The zero-order valence-electron chi connectivity index (χ0n) is 20.1. The van der Waals surface area contributed by atoms with Gasteiger partial charge in [0, 0.05) is 36.6 Å². The number of pyridine rings is 1. The molecule has 0 atom stereocenters. The van der Waals surface area contributed by atoms with Gasteiger partial charge in [0.05, 0.1) is 11.4 Å². The summed E-state index contributed by atoms with van der Waals surface area (Å²) in [6.07, 6.45) is 4.56. The molecule has 2 aromatic heterocycles. The van der Waals surface area contributed by atoms with Crippen LogP contribution in [0.2, 0.25) is 5.02 Å². The molecule has 0 fully saturated rings. The normalized spacial score (nSPS) is 11.8. The van der Waals surface area contributed by atoms with Crippen LogP contribution in [0.25, 0.3) is 6.08 Å². The number of nitrogens with one attached hydrogen (secondary N) is 1. The number of hydrogen-bond acceptors (Lipinski definition) is 6. The highest BCUT2D eigenvalue weighted by molar-refractivity contribution is 7.89. The van der Waals surface area contributed by atoms with E-state index in [1.807, 2.05) is 36.4 Å². The number of hydrogen-bond donors (Lipinski definition) is 1. The van der Waals surface area contributed by atoms with E-state index in [0.29, 0.717) is 10.8 Å². The fourth-order valence-corrected chi connectivity index (χ4v) is 5.09. The van der Waals surface area contributed by atoms with Crippen molar-refractivity contribution in [3.63, 3.8) is 0 Å². The van der Waals surface area contributed by atoms with Gasteiger partial charge >= 0.3 is 0 Å². The molecule has 0 saturated heterocycles. The average Bonchev–Trinajstić information content (AvgIpc) is 3.38. The predicted molar refractivity (Wildman–Crippen MR) is 143 cm³/mol. The standard InChI is InChI=1S/C28H23ClN4O4S/c29-24-8-12-27(13-9-24)38(35,36)33(19-21-5-2-1-3-6-21)20-26-11-10-25(37-26)15-23(16-30)28(34)32-18-22-7-4-14-31-17-22/h1-15,17H,18-20H2,(H,32,34)/b23-15-. The number of carbonyl (C=O) groups is 1. The van der Waals surface area contributed by atoms with E-state index < -0.39 is 15.9 Å². The number of nitrogens with zero attached hydrogens (tertiary/aromatic N) is 3. The van der Waals surface area contributed by atoms with Crippen molar-refractivity contribution in [1.29, 1.82) is 5.26 Å². The van der Waals surface area contributed by atoms with E-state index in [4.69, 9.17) is 16.0 Å². The maximum atomic E-state index is 13.5. The van der Waals surface area contributed by atoms with Gasteiger partial charge in [0.25, 0.3) is 5.91 Å². The second-order valence-corrected chi connectivity index (χ2v) is 10.6. The first-order chi connectivity index (χ1) is 18.3. The zero-order chi connectivity index (χ0) is 27.0. The second kappa shape index (κ2) is 12.3. The van der Waals surface area contributed by atoms with Crippen molar-refractivity contribution in [2.24, 2.45) is 0 Å². The summed E-state index contributed by atoms with van der Waals surface area (Å²) in [4.78, 5) is 16.6. The van der Waals surface area contributed by atoms with E-state index in [0.717, 1.165) is 11.1 Å². The van der Waals surface area contributed by atoms with Gasteiger partial charge in [-0.2, -0.15) is 9.57 Å². The van der Waals surface area contributed by atoms with Crippen molar-refractivity contribution in [3.05, 3.63) is 124 Å². The molecule has 4 aromatic rings. The Morgan fingerprint density at radius 2 is 1.74 bits per heavy atom. The van der Waals surface area contributed by atoms with Crippen molar-refractivity contribution < 1.29 is 17.6 Å². The number of rotatable bonds is 10. The lowest BCUT2D eigenvalue weighted by Gasteiger charge is -2.21. The van der Waals surface area contributed by atoms with Crippen molar-refractivity contribution in [3.8, 4) is 6.07 Å². The molecule has 0 aliphatic carbocycles. The van der Waals surface area contributed by atoms with E-state index in [2.05, 4.69) is 10.3 Å². The van der Waals surface area contributed by atoms with Gasteiger partial charge in [-0.1, -0.05) is 48.0 Å². The van der Waals surface area contributed by atoms with Crippen LogP contribution in [-0.2, 0) is 34.5 Å². The molecule has 0 bridgehead atoms. The SMILES string of the molecule is N#C/C(=C/c1ccc(CN(Cc2ccccc2)S(=O)(=O)c2ccc(Cl)cc2)o1)C(=O)NCc1cccnc1. The maximum absolute atomic E-state index is 13.5. The summed E-state index contributed by atoms with van der Waals surface area (Å²) in [6, 6.07) is 23.8. The Morgan fingerprint density at radius 1 is 1.00 bits per heavy atom. The third-order valence-corrected chi connectivity index (χ3v) is 7.55. The molecule has 0 aliphatic heterocycles. The average molecular weight is 547 g/mol. The molecule has 0 unspecified atom stereocenters. The summed E-state index contributed by atoms with van der Waals surface area (Å²) in [5, 5.41) is 12.6. The number of furan rings is 1. The van der Waals surface area contributed by atoms with Gasteiger partial charge in [0.15, 0.2) is 0 Å². The summed E-state index contributed by atoms with van der Waals surface area (Å²) in [5.74, 6) is 0.0275. The van der Waals surface area contributed by atoms with Crippen LogP contribution >= 0.6 is 11.6 Å². The molecule has 2 heterocycles. The Bertz CT molecular complexity index is 1560. The van der Waals surface area contributed by atoms with Crippen LogP contribution in [0.5, 0.6) is 0 Å². The fraction of sp³-hybridized carbons (Fsp3) is 0.107. The molecule has 10 heteroatoms. The molecule has 0 radical (unpaired) electrons. The summed E-state index contributed by atoms with van der Waals surface area (Å²) >= 11 is 5.95. The molecule has 0 saturated carbocycles. The molecule has 0 spiro atoms. The minimum absolute atomic E-state index is 0.0667. The zero-order valence-corrected chi connectivity index (χ0v) is 21.7. The number of aromatic nitrogens is 1. The first-order valence-corrected chi connectivity index (χ1v) is 13.3. The van der Waals surface area contributed by atoms with Crippen molar-refractivity contribution in [2.75, 3.05) is 0 Å². The highest BCUT2D eigenvalue weighted by Crippen LogP contribution is 2.24. The highest BCUT2D eigenvalue weighted by Gasteiger charge is 2.26. The first kappa shape index (κ1) is 26.8. The van der Waals surface area contributed by atoms with E-state index in [9.17, 15) is 18.5 Å². The quantitative estimate of drug-likeness (QED) is 0.222. The fourth-order valence-electron chi connectivity index (χ4n) is 3.57.